The summed E-state index contributed by atoms with van der Waals surface area (Å²) in [5.41, 5.74) is 0.624. The lowest BCUT2D eigenvalue weighted by atomic mass is 10.1. The third-order valence-corrected chi connectivity index (χ3v) is 6.93. The lowest BCUT2D eigenvalue weighted by Gasteiger charge is -2.17. The second-order valence-electron chi connectivity index (χ2n) is 8.13. The Bertz CT molecular complexity index is 922. The maximum absolute atomic E-state index is 13.9. The van der Waals surface area contributed by atoms with Crippen LogP contribution < -0.4 is 15.3 Å². The molecule has 3 N–H and O–H groups in total. The summed E-state index contributed by atoms with van der Waals surface area (Å²) in [6, 6.07) is 3.31. The molecule has 0 spiro atoms. The van der Waals surface area contributed by atoms with Crippen LogP contribution in [-0.2, 0) is 14.8 Å². The van der Waals surface area contributed by atoms with E-state index in [1.165, 1.54) is 11.0 Å². The highest BCUT2D eigenvalue weighted by atomic mass is 32.2. The molecule has 172 valence electrons. The number of nitrogens with zero attached hydrogens (tertiary/aromatic N) is 2. The molecule has 31 heavy (non-hydrogen) atoms. The molecule has 11 heteroatoms. The number of carbonyl (C=O) groups excluding carboxylic acids is 2. The second kappa shape index (κ2) is 9.92. The number of nitrogens with two attached hydrogens (primary N) is 1. The maximum atomic E-state index is 13.9. The monoisotopic (exact) mass is 456 g/mol. The van der Waals surface area contributed by atoms with Crippen LogP contribution in [0.3, 0.4) is 0 Å². The fourth-order valence-corrected chi connectivity index (χ4v) is 4.68. The zero-order chi connectivity index (χ0) is 22.6. The first kappa shape index (κ1) is 23.4. The average Bonchev–Trinajstić information content (AvgIpc) is 3.51. The zero-order valence-corrected chi connectivity index (χ0v) is 18.4. The number of hydrogen-bond donors (Lipinski definition) is 2. The SMILES string of the molecule is C[C@@H](NS(=O)(=O)CCCCCN1CC(=O)N(N)C1=O)c1ccc(F)c(OCC2CC2)c1. The van der Waals surface area contributed by atoms with Crippen molar-refractivity contribution in [2.45, 2.75) is 45.1 Å². The standard InChI is InChI=1S/C20H29FN4O5S/c1-14(16-7-8-17(21)18(11-16)30-13-15-5-6-15)23-31(28,29)10-4-2-3-9-24-12-19(26)25(22)20(24)27/h7-8,11,14-15,23H,2-6,9-10,12-13,22H2,1H3/t14-/m1/s1. The van der Waals surface area contributed by atoms with Crippen molar-refractivity contribution in [3.05, 3.63) is 29.6 Å². The Morgan fingerprint density at radius 2 is 2.00 bits per heavy atom. The molecule has 3 amide bonds. The van der Waals surface area contributed by atoms with Gasteiger partial charge in [-0.3, -0.25) is 4.79 Å². The van der Waals surface area contributed by atoms with Gasteiger partial charge in [0.25, 0.3) is 5.91 Å². The summed E-state index contributed by atoms with van der Waals surface area (Å²) < 4.78 is 46.9. The van der Waals surface area contributed by atoms with Crippen LogP contribution in [0.2, 0.25) is 0 Å². The molecule has 0 radical (unpaired) electrons. The maximum Gasteiger partial charge on any atom is 0.341 e. The van der Waals surface area contributed by atoms with Gasteiger partial charge >= 0.3 is 6.03 Å². The van der Waals surface area contributed by atoms with Crippen molar-refractivity contribution in [2.75, 3.05) is 25.4 Å². The van der Waals surface area contributed by atoms with Crippen LogP contribution in [0.5, 0.6) is 5.75 Å². The van der Waals surface area contributed by atoms with Gasteiger partial charge in [-0.15, -0.1) is 0 Å². The molecule has 2 aliphatic rings. The van der Waals surface area contributed by atoms with Crippen molar-refractivity contribution in [1.29, 1.82) is 0 Å². The average molecular weight is 457 g/mol. The van der Waals surface area contributed by atoms with Crippen LogP contribution in [0.4, 0.5) is 9.18 Å². The Morgan fingerprint density at radius 1 is 1.26 bits per heavy atom. The molecule has 2 fully saturated rings. The molecule has 0 unspecified atom stereocenters. The van der Waals surface area contributed by atoms with Crippen LogP contribution >= 0.6 is 0 Å². The summed E-state index contributed by atoms with van der Waals surface area (Å²) in [4.78, 5) is 24.4. The summed E-state index contributed by atoms with van der Waals surface area (Å²) in [6.07, 6.45) is 3.74. The zero-order valence-electron chi connectivity index (χ0n) is 17.5. The molecule has 1 saturated carbocycles. The van der Waals surface area contributed by atoms with Crippen molar-refractivity contribution in [3.63, 3.8) is 0 Å². The summed E-state index contributed by atoms with van der Waals surface area (Å²) in [5, 5.41) is 0.591. The molecule has 1 aromatic carbocycles. The van der Waals surface area contributed by atoms with E-state index in [0.29, 0.717) is 48.9 Å². The van der Waals surface area contributed by atoms with Crippen LogP contribution in [0.25, 0.3) is 0 Å². The van der Waals surface area contributed by atoms with E-state index >= 15 is 0 Å². The summed E-state index contributed by atoms with van der Waals surface area (Å²) in [6.45, 7) is 2.48. The van der Waals surface area contributed by atoms with Gasteiger partial charge in [-0.2, -0.15) is 5.01 Å². The van der Waals surface area contributed by atoms with E-state index in [9.17, 15) is 22.4 Å². The predicted octanol–water partition coefficient (Wildman–Crippen LogP) is 1.90. The van der Waals surface area contributed by atoms with Gasteiger partial charge in [0.1, 0.15) is 6.54 Å². The van der Waals surface area contributed by atoms with E-state index in [1.807, 2.05) is 0 Å². The molecule has 1 aliphatic heterocycles. The molecule has 0 aromatic heterocycles. The minimum atomic E-state index is -3.54. The van der Waals surface area contributed by atoms with Crippen LogP contribution in [-0.4, -0.2) is 55.7 Å². The Kier molecular flexibility index (Phi) is 7.50. The molecule has 3 rings (SSSR count). The number of hydrogen-bond acceptors (Lipinski definition) is 6. The number of sulfonamides is 1. The quantitative estimate of drug-likeness (QED) is 0.214. The third kappa shape index (κ3) is 6.62. The first-order valence-corrected chi connectivity index (χ1v) is 12.1. The van der Waals surface area contributed by atoms with Gasteiger partial charge in [0.2, 0.25) is 10.0 Å². The molecular formula is C20H29FN4O5S. The molecule has 1 saturated heterocycles. The summed E-state index contributed by atoms with van der Waals surface area (Å²) in [5.74, 6) is 4.96. The fraction of sp³-hybridized carbons (Fsp3) is 0.600. The number of nitrogens with one attached hydrogen (secondary N) is 1. The Labute approximate surface area is 181 Å². The van der Waals surface area contributed by atoms with E-state index in [-0.39, 0.29) is 18.0 Å². The lowest BCUT2D eigenvalue weighted by Crippen LogP contribution is -2.38. The van der Waals surface area contributed by atoms with Gasteiger partial charge in [-0.25, -0.2) is 28.2 Å². The number of hydrazine groups is 1. The second-order valence-corrected chi connectivity index (χ2v) is 10.0. The van der Waals surface area contributed by atoms with Crippen molar-refractivity contribution in [3.8, 4) is 5.75 Å². The molecule has 9 nitrogen and oxygen atoms in total. The van der Waals surface area contributed by atoms with Crippen molar-refractivity contribution in [1.82, 2.24) is 14.6 Å². The van der Waals surface area contributed by atoms with E-state index < -0.39 is 33.8 Å². The number of carbonyl (C=O) groups is 2. The van der Waals surface area contributed by atoms with Crippen molar-refractivity contribution < 1.29 is 27.1 Å². The van der Waals surface area contributed by atoms with Gasteiger partial charge < -0.3 is 9.64 Å². The lowest BCUT2D eigenvalue weighted by molar-refractivity contribution is -0.125. The topological polar surface area (TPSA) is 122 Å². The number of halogens is 1. The summed E-state index contributed by atoms with van der Waals surface area (Å²) >= 11 is 0. The normalized spacial score (nSPS) is 18.0. The number of ether oxygens (including phenoxy) is 1. The van der Waals surface area contributed by atoms with E-state index in [4.69, 9.17) is 10.6 Å². The predicted molar refractivity (Wildman–Crippen MR) is 112 cm³/mol. The molecule has 1 aliphatic carbocycles. The summed E-state index contributed by atoms with van der Waals surface area (Å²) in [7, 11) is -3.54. The number of rotatable bonds is 12. The third-order valence-electron chi connectivity index (χ3n) is 5.40. The van der Waals surface area contributed by atoms with Gasteiger partial charge in [0.15, 0.2) is 11.6 Å². The minimum Gasteiger partial charge on any atom is -0.490 e. The van der Waals surface area contributed by atoms with Gasteiger partial charge in [0.05, 0.1) is 12.4 Å². The van der Waals surface area contributed by atoms with Gasteiger partial charge in [-0.1, -0.05) is 12.5 Å². The highest BCUT2D eigenvalue weighted by molar-refractivity contribution is 7.89. The van der Waals surface area contributed by atoms with E-state index in [2.05, 4.69) is 4.72 Å². The minimum absolute atomic E-state index is 0.0449. The highest BCUT2D eigenvalue weighted by Crippen LogP contribution is 2.31. The van der Waals surface area contributed by atoms with Crippen molar-refractivity contribution >= 4 is 22.0 Å². The smallest absolute Gasteiger partial charge is 0.341 e. The first-order valence-electron chi connectivity index (χ1n) is 10.4. The fourth-order valence-electron chi connectivity index (χ4n) is 3.30. The Morgan fingerprint density at radius 3 is 2.65 bits per heavy atom. The molecule has 0 bridgehead atoms. The molecule has 1 heterocycles. The first-order chi connectivity index (χ1) is 14.7. The number of amides is 3. The molecular weight excluding hydrogens is 427 g/mol. The highest BCUT2D eigenvalue weighted by Gasteiger charge is 2.33. The van der Waals surface area contributed by atoms with Crippen molar-refractivity contribution in [2.24, 2.45) is 11.8 Å². The molecule has 1 aromatic rings. The number of urea groups is 1. The van der Waals surface area contributed by atoms with Gasteiger partial charge in [0, 0.05) is 12.6 Å². The van der Waals surface area contributed by atoms with Gasteiger partial charge in [-0.05, 0) is 56.2 Å². The van der Waals surface area contributed by atoms with E-state index in [1.54, 1.807) is 19.1 Å². The Hall–Kier alpha value is -2.24. The number of benzene rings is 1. The Balaban J connectivity index is 1.42. The number of imide groups is 1. The van der Waals surface area contributed by atoms with E-state index in [0.717, 1.165) is 12.8 Å². The van der Waals surface area contributed by atoms with Crippen LogP contribution in [0, 0.1) is 11.7 Å². The largest absolute Gasteiger partial charge is 0.490 e. The van der Waals surface area contributed by atoms with Crippen LogP contribution in [0.1, 0.15) is 50.6 Å². The number of unbranched alkanes of at least 4 members (excludes halogenated alkanes) is 2. The van der Waals surface area contributed by atoms with Crippen LogP contribution in [0.15, 0.2) is 18.2 Å². The molecule has 1 atom stereocenters.